The minimum atomic E-state index is -0.436. The zero-order valence-electron chi connectivity index (χ0n) is 14.8. The van der Waals surface area contributed by atoms with Gasteiger partial charge in [-0.25, -0.2) is 0 Å². The molecule has 1 saturated heterocycles. The predicted molar refractivity (Wildman–Crippen MR) is 98.8 cm³/mol. The highest BCUT2D eigenvalue weighted by Crippen LogP contribution is 2.25. The Morgan fingerprint density at radius 2 is 2.04 bits per heavy atom. The van der Waals surface area contributed by atoms with Crippen molar-refractivity contribution in [2.45, 2.75) is 37.4 Å². The summed E-state index contributed by atoms with van der Waals surface area (Å²) in [6, 6.07) is 6.48. The molecule has 0 saturated carbocycles. The third-order valence-corrected chi connectivity index (χ3v) is 5.62. The third kappa shape index (κ3) is 3.87. The highest BCUT2D eigenvalue weighted by molar-refractivity contribution is 7.99. The summed E-state index contributed by atoms with van der Waals surface area (Å²) in [5, 5.41) is 19.7. The molecule has 1 aromatic carbocycles. The molecule has 1 aromatic heterocycles. The van der Waals surface area contributed by atoms with Crippen LogP contribution in [0.15, 0.2) is 29.4 Å². The number of nitro benzene ring substituents is 1. The number of piperidine rings is 1. The first kappa shape index (κ1) is 18.4. The standard InChI is InChI=1S/C17H21N5O3S/c1-12-5-3-4-10-21(12)15(23)11-26-17-19-18-16(20(17)2)13-6-8-14(9-7-13)22(24)25/h6-9,12H,3-5,10-11H2,1-2H3. The molecule has 2 aromatic rings. The lowest BCUT2D eigenvalue weighted by Crippen LogP contribution is -2.42. The number of carbonyl (C=O) groups is 1. The normalized spacial score (nSPS) is 17.3. The van der Waals surface area contributed by atoms with Gasteiger partial charge in [-0.1, -0.05) is 11.8 Å². The van der Waals surface area contributed by atoms with Gasteiger partial charge in [0.05, 0.1) is 10.7 Å². The number of benzene rings is 1. The van der Waals surface area contributed by atoms with Gasteiger partial charge in [-0.05, 0) is 38.3 Å². The number of amides is 1. The maximum absolute atomic E-state index is 12.5. The number of hydrogen-bond acceptors (Lipinski definition) is 6. The van der Waals surface area contributed by atoms with E-state index in [2.05, 4.69) is 17.1 Å². The number of likely N-dealkylation sites (tertiary alicyclic amines) is 1. The number of rotatable bonds is 5. The van der Waals surface area contributed by atoms with Crippen LogP contribution >= 0.6 is 11.8 Å². The van der Waals surface area contributed by atoms with Crippen LogP contribution in [0.25, 0.3) is 11.4 Å². The number of aromatic nitrogens is 3. The van der Waals surface area contributed by atoms with Gasteiger partial charge in [-0.2, -0.15) is 0 Å². The quantitative estimate of drug-likeness (QED) is 0.453. The van der Waals surface area contributed by atoms with E-state index in [0.29, 0.717) is 22.8 Å². The number of nitro groups is 1. The van der Waals surface area contributed by atoms with Crippen LogP contribution in [0.4, 0.5) is 5.69 Å². The van der Waals surface area contributed by atoms with Gasteiger partial charge in [-0.15, -0.1) is 10.2 Å². The molecule has 1 fully saturated rings. The zero-order chi connectivity index (χ0) is 18.7. The first-order chi connectivity index (χ1) is 12.5. The SMILES string of the molecule is CC1CCCCN1C(=O)CSc1nnc(-c2ccc([N+](=O)[O-])cc2)n1C. The summed E-state index contributed by atoms with van der Waals surface area (Å²) in [6.07, 6.45) is 3.31. The molecule has 0 bridgehead atoms. The largest absolute Gasteiger partial charge is 0.339 e. The third-order valence-electron chi connectivity index (χ3n) is 4.62. The van der Waals surface area contributed by atoms with Gasteiger partial charge < -0.3 is 9.47 Å². The summed E-state index contributed by atoms with van der Waals surface area (Å²) >= 11 is 1.36. The molecule has 1 unspecified atom stereocenters. The number of nitrogens with zero attached hydrogens (tertiary/aromatic N) is 5. The van der Waals surface area contributed by atoms with Crippen LogP contribution in [0.3, 0.4) is 0 Å². The van der Waals surface area contributed by atoms with Crippen LogP contribution in [0.2, 0.25) is 0 Å². The fraction of sp³-hybridized carbons (Fsp3) is 0.471. The molecule has 9 heteroatoms. The van der Waals surface area contributed by atoms with Gasteiger partial charge in [-0.3, -0.25) is 14.9 Å². The Morgan fingerprint density at radius 3 is 2.69 bits per heavy atom. The molecule has 138 valence electrons. The molecule has 0 radical (unpaired) electrons. The highest BCUT2D eigenvalue weighted by atomic mass is 32.2. The Balaban J connectivity index is 1.67. The van der Waals surface area contributed by atoms with Crippen molar-refractivity contribution in [1.29, 1.82) is 0 Å². The average Bonchev–Trinajstić information content (AvgIpc) is 3.00. The highest BCUT2D eigenvalue weighted by Gasteiger charge is 2.23. The van der Waals surface area contributed by atoms with Gasteiger partial charge >= 0.3 is 0 Å². The van der Waals surface area contributed by atoms with Crippen molar-refractivity contribution in [1.82, 2.24) is 19.7 Å². The van der Waals surface area contributed by atoms with E-state index < -0.39 is 4.92 Å². The molecule has 0 N–H and O–H groups in total. The average molecular weight is 375 g/mol. The maximum atomic E-state index is 12.5. The van der Waals surface area contributed by atoms with Crippen LogP contribution in [0.1, 0.15) is 26.2 Å². The van der Waals surface area contributed by atoms with Crippen LogP contribution in [0, 0.1) is 10.1 Å². The Hall–Kier alpha value is -2.42. The van der Waals surface area contributed by atoms with Gasteiger partial charge in [0.25, 0.3) is 5.69 Å². The van der Waals surface area contributed by atoms with E-state index in [1.54, 1.807) is 16.7 Å². The van der Waals surface area contributed by atoms with E-state index in [9.17, 15) is 14.9 Å². The number of thioether (sulfide) groups is 1. The van der Waals surface area contributed by atoms with Crippen LogP contribution in [-0.2, 0) is 11.8 Å². The predicted octanol–water partition coefficient (Wildman–Crippen LogP) is 2.88. The van der Waals surface area contributed by atoms with Gasteiger partial charge in [0.2, 0.25) is 5.91 Å². The Labute approximate surface area is 155 Å². The minimum Gasteiger partial charge on any atom is -0.339 e. The van der Waals surface area contributed by atoms with E-state index in [1.807, 2.05) is 11.9 Å². The van der Waals surface area contributed by atoms with Crippen molar-refractivity contribution >= 4 is 23.4 Å². The van der Waals surface area contributed by atoms with E-state index in [-0.39, 0.29) is 11.6 Å². The topological polar surface area (TPSA) is 94.2 Å². The number of carbonyl (C=O) groups excluding carboxylic acids is 1. The van der Waals surface area contributed by atoms with Gasteiger partial charge in [0, 0.05) is 37.3 Å². The van der Waals surface area contributed by atoms with Crippen molar-refractivity contribution in [3.05, 3.63) is 34.4 Å². The molecule has 1 aliphatic rings. The summed E-state index contributed by atoms with van der Waals surface area (Å²) in [5.41, 5.74) is 0.778. The molecular weight excluding hydrogens is 354 g/mol. The van der Waals surface area contributed by atoms with E-state index in [4.69, 9.17) is 0 Å². The molecule has 3 rings (SSSR count). The fourth-order valence-electron chi connectivity index (χ4n) is 3.10. The molecular formula is C17H21N5O3S. The fourth-order valence-corrected chi connectivity index (χ4v) is 3.90. The molecule has 1 amide bonds. The number of non-ortho nitro benzene ring substituents is 1. The second-order valence-corrected chi connectivity index (χ2v) is 7.33. The Bertz CT molecular complexity index is 805. The molecule has 0 spiro atoms. The molecule has 0 aliphatic carbocycles. The molecule has 1 atom stereocenters. The second-order valence-electron chi connectivity index (χ2n) is 6.39. The first-order valence-electron chi connectivity index (χ1n) is 8.54. The lowest BCUT2D eigenvalue weighted by molar-refractivity contribution is -0.384. The van der Waals surface area contributed by atoms with Crippen LogP contribution < -0.4 is 0 Å². The summed E-state index contributed by atoms with van der Waals surface area (Å²) < 4.78 is 1.80. The Morgan fingerprint density at radius 1 is 1.31 bits per heavy atom. The molecule has 26 heavy (non-hydrogen) atoms. The van der Waals surface area contributed by atoms with E-state index in [0.717, 1.165) is 24.9 Å². The van der Waals surface area contributed by atoms with Crippen molar-refractivity contribution in [3.8, 4) is 11.4 Å². The number of hydrogen-bond donors (Lipinski definition) is 0. The monoisotopic (exact) mass is 375 g/mol. The molecule has 2 heterocycles. The van der Waals surface area contributed by atoms with Gasteiger partial charge in [0.1, 0.15) is 0 Å². The van der Waals surface area contributed by atoms with Crippen molar-refractivity contribution in [3.63, 3.8) is 0 Å². The second kappa shape index (κ2) is 7.86. The summed E-state index contributed by atoms with van der Waals surface area (Å²) in [7, 11) is 1.83. The Kier molecular flexibility index (Phi) is 5.55. The van der Waals surface area contributed by atoms with E-state index >= 15 is 0 Å². The van der Waals surface area contributed by atoms with Crippen molar-refractivity contribution < 1.29 is 9.72 Å². The minimum absolute atomic E-state index is 0.0340. The van der Waals surface area contributed by atoms with Crippen LogP contribution in [0.5, 0.6) is 0 Å². The van der Waals surface area contributed by atoms with Crippen molar-refractivity contribution in [2.24, 2.45) is 7.05 Å². The zero-order valence-corrected chi connectivity index (χ0v) is 15.6. The molecule has 8 nitrogen and oxygen atoms in total. The smallest absolute Gasteiger partial charge is 0.269 e. The van der Waals surface area contributed by atoms with E-state index in [1.165, 1.54) is 30.3 Å². The van der Waals surface area contributed by atoms with Gasteiger partial charge in [0.15, 0.2) is 11.0 Å². The lowest BCUT2D eigenvalue weighted by atomic mass is 10.0. The first-order valence-corrected chi connectivity index (χ1v) is 9.52. The van der Waals surface area contributed by atoms with Crippen LogP contribution in [-0.4, -0.2) is 48.8 Å². The maximum Gasteiger partial charge on any atom is 0.269 e. The summed E-state index contributed by atoms with van der Waals surface area (Å²) in [6.45, 7) is 2.92. The molecule has 1 aliphatic heterocycles. The summed E-state index contributed by atoms with van der Waals surface area (Å²) in [5.74, 6) is 1.07. The lowest BCUT2D eigenvalue weighted by Gasteiger charge is -2.33. The van der Waals surface area contributed by atoms with Crippen molar-refractivity contribution in [2.75, 3.05) is 12.3 Å². The summed E-state index contributed by atoms with van der Waals surface area (Å²) in [4.78, 5) is 24.7.